The third-order valence-electron chi connectivity index (χ3n) is 5.04. The molecule has 0 fully saturated rings. The predicted octanol–water partition coefficient (Wildman–Crippen LogP) is 5.80. The normalized spacial score (nSPS) is 10.7. The Morgan fingerprint density at radius 3 is 2.36 bits per heavy atom. The van der Waals surface area contributed by atoms with Crippen LogP contribution in [0.25, 0.3) is 16.9 Å². The van der Waals surface area contributed by atoms with Gasteiger partial charge < -0.3 is 5.32 Å². The first kappa shape index (κ1) is 22.3. The molecule has 8 heteroatoms. The van der Waals surface area contributed by atoms with Crippen LogP contribution in [0, 0.1) is 24.0 Å². The van der Waals surface area contributed by atoms with Crippen molar-refractivity contribution in [3.63, 3.8) is 0 Å². The second kappa shape index (κ2) is 9.70. The largest absolute Gasteiger partial charge is 0.325 e. The van der Waals surface area contributed by atoms with Crippen LogP contribution in [0.2, 0.25) is 0 Å². The molecule has 0 radical (unpaired) electrons. The van der Waals surface area contributed by atoms with E-state index in [-0.39, 0.29) is 17.3 Å². The molecular formula is C25H22N4O3S. The average Bonchev–Trinajstić information content (AvgIpc) is 3.24. The van der Waals surface area contributed by atoms with Crippen molar-refractivity contribution in [2.75, 3.05) is 11.1 Å². The number of anilines is 1. The number of nitro groups is 1. The molecule has 0 unspecified atom stereocenters. The molecule has 0 saturated heterocycles. The Hall–Kier alpha value is -3.91. The first-order chi connectivity index (χ1) is 15.9. The lowest BCUT2D eigenvalue weighted by Gasteiger charge is -2.12. The van der Waals surface area contributed by atoms with E-state index in [1.165, 1.54) is 23.9 Å². The van der Waals surface area contributed by atoms with Crippen LogP contribution in [0.3, 0.4) is 0 Å². The summed E-state index contributed by atoms with van der Waals surface area (Å²) in [5, 5.41) is 14.8. The first-order valence-electron chi connectivity index (χ1n) is 10.3. The van der Waals surface area contributed by atoms with E-state index < -0.39 is 4.92 Å². The topological polar surface area (TPSA) is 90.1 Å². The molecule has 0 spiro atoms. The smallest absolute Gasteiger partial charge is 0.270 e. The zero-order chi connectivity index (χ0) is 23.4. The van der Waals surface area contributed by atoms with Crippen molar-refractivity contribution >= 4 is 29.0 Å². The third kappa shape index (κ3) is 5.30. The summed E-state index contributed by atoms with van der Waals surface area (Å²) >= 11 is 1.31. The van der Waals surface area contributed by atoms with Crippen LogP contribution in [0.1, 0.15) is 11.1 Å². The SMILES string of the molecule is Cc1ccc(NC(=O)CSc2ncc(-c3cccc([N+](=O)[O-])c3)n2-c2ccc(C)cc2)cc1. The van der Waals surface area contributed by atoms with Gasteiger partial charge in [-0.3, -0.25) is 19.5 Å². The Labute approximate surface area is 195 Å². The quantitative estimate of drug-likeness (QED) is 0.215. The van der Waals surface area contributed by atoms with E-state index in [1.807, 2.05) is 73.0 Å². The molecule has 0 aliphatic carbocycles. The zero-order valence-corrected chi connectivity index (χ0v) is 19.0. The number of aryl methyl sites for hydroxylation is 2. The van der Waals surface area contributed by atoms with Gasteiger partial charge in [-0.1, -0.05) is 59.3 Å². The standard InChI is InChI=1S/C25H22N4O3S/c1-17-6-10-20(11-7-17)27-24(30)16-33-25-26-15-23(19-4-3-5-22(14-19)29(31)32)28(25)21-12-8-18(2)9-13-21/h3-15H,16H2,1-2H3,(H,27,30). The minimum absolute atomic E-state index is 0.0100. The molecule has 4 aromatic rings. The number of hydrogen-bond donors (Lipinski definition) is 1. The summed E-state index contributed by atoms with van der Waals surface area (Å²) in [6.45, 7) is 4.00. The Bertz CT molecular complexity index is 1300. The van der Waals surface area contributed by atoms with E-state index in [9.17, 15) is 14.9 Å². The summed E-state index contributed by atoms with van der Waals surface area (Å²) < 4.78 is 1.92. The summed E-state index contributed by atoms with van der Waals surface area (Å²) in [5.41, 5.74) is 5.23. The van der Waals surface area contributed by atoms with Gasteiger partial charge in [0, 0.05) is 29.1 Å². The molecule has 166 valence electrons. The zero-order valence-electron chi connectivity index (χ0n) is 18.2. The van der Waals surface area contributed by atoms with Gasteiger partial charge in [-0.05, 0) is 38.1 Å². The predicted molar refractivity (Wildman–Crippen MR) is 131 cm³/mol. The fraction of sp³-hybridized carbons (Fsp3) is 0.120. The number of nitrogens with zero attached hydrogens (tertiary/aromatic N) is 3. The maximum atomic E-state index is 12.5. The van der Waals surface area contributed by atoms with Crippen molar-refractivity contribution in [3.8, 4) is 16.9 Å². The number of benzene rings is 3. The molecule has 1 heterocycles. The number of carbonyl (C=O) groups excluding carboxylic acids is 1. The third-order valence-corrected chi connectivity index (χ3v) is 5.99. The van der Waals surface area contributed by atoms with Crippen LogP contribution < -0.4 is 5.32 Å². The number of thioether (sulfide) groups is 1. The molecule has 0 aliphatic rings. The van der Waals surface area contributed by atoms with Crippen LogP contribution in [0.4, 0.5) is 11.4 Å². The minimum Gasteiger partial charge on any atom is -0.325 e. The lowest BCUT2D eigenvalue weighted by atomic mass is 10.1. The maximum Gasteiger partial charge on any atom is 0.270 e. The van der Waals surface area contributed by atoms with Gasteiger partial charge in [0.1, 0.15) is 0 Å². The molecule has 4 rings (SSSR count). The molecule has 3 aromatic carbocycles. The molecule has 1 N–H and O–H groups in total. The highest BCUT2D eigenvalue weighted by molar-refractivity contribution is 7.99. The molecule has 0 bridgehead atoms. The fourth-order valence-corrected chi connectivity index (χ4v) is 4.12. The minimum atomic E-state index is -0.416. The number of nitro benzene ring substituents is 1. The van der Waals surface area contributed by atoms with Gasteiger partial charge in [-0.2, -0.15) is 0 Å². The van der Waals surface area contributed by atoms with Gasteiger partial charge >= 0.3 is 0 Å². The van der Waals surface area contributed by atoms with Gasteiger partial charge in [-0.15, -0.1) is 0 Å². The Balaban J connectivity index is 1.63. The van der Waals surface area contributed by atoms with Crippen molar-refractivity contribution in [1.29, 1.82) is 0 Å². The van der Waals surface area contributed by atoms with Gasteiger partial charge in [-0.25, -0.2) is 4.98 Å². The lowest BCUT2D eigenvalue weighted by Crippen LogP contribution is -2.14. The molecule has 1 aromatic heterocycles. The van der Waals surface area contributed by atoms with Crippen LogP contribution in [0.5, 0.6) is 0 Å². The molecule has 33 heavy (non-hydrogen) atoms. The number of non-ortho nitro benzene ring substituents is 1. The van der Waals surface area contributed by atoms with Crippen molar-refractivity contribution < 1.29 is 9.72 Å². The van der Waals surface area contributed by atoms with Gasteiger partial charge in [0.05, 0.1) is 22.6 Å². The first-order valence-corrected chi connectivity index (χ1v) is 11.3. The number of rotatable bonds is 7. The maximum absolute atomic E-state index is 12.5. The summed E-state index contributed by atoms with van der Waals surface area (Å²) in [5.74, 6) is 0.0321. The van der Waals surface area contributed by atoms with Gasteiger partial charge in [0.15, 0.2) is 5.16 Å². The number of imidazole rings is 1. The molecule has 7 nitrogen and oxygen atoms in total. The van der Waals surface area contributed by atoms with Crippen LogP contribution in [-0.2, 0) is 4.79 Å². The summed E-state index contributed by atoms with van der Waals surface area (Å²) in [4.78, 5) is 27.9. The number of aromatic nitrogens is 2. The van der Waals surface area contributed by atoms with Crippen LogP contribution in [-0.4, -0.2) is 26.1 Å². The van der Waals surface area contributed by atoms with Crippen molar-refractivity contribution in [2.45, 2.75) is 19.0 Å². The second-order valence-electron chi connectivity index (χ2n) is 7.61. The van der Waals surface area contributed by atoms with Crippen LogP contribution >= 0.6 is 11.8 Å². The highest BCUT2D eigenvalue weighted by Gasteiger charge is 2.17. The second-order valence-corrected chi connectivity index (χ2v) is 8.55. The number of nitrogens with one attached hydrogen (secondary N) is 1. The lowest BCUT2D eigenvalue weighted by molar-refractivity contribution is -0.384. The number of hydrogen-bond acceptors (Lipinski definition) is 5. The molecule has 0 saturated carbocycles. The monoisotopic (exact) mass is 458 g/mol. The molecule has 1 amide bonds. The van der Waals surface area contributed by atoms with E-state index in [1.54, 1.807) is 12.3 Å². The Morgan fingerprint density at radius 1 is 1.03 bits per heavy atom. The average molecular weight is 459 g/mol. The summed E-state index contributed by atoms with van der Waals surface area (Å²) in [7, 11) is 0. The highest BCUT2D eigenvalue weighted by Crippen LogP contribution is 2.31. The highest BCUT2D eigenvalue weighted by atomic mass is 32.2. The summed E-state index contributed by atoms with van der Waals surface area (Å²) in [6.07, 6.45) is 1.68. The van der Waals surface area contributed by atoms with E-state index in [0.717, 1.165) is 22.5 Å². The van der Waals surface area contributed by atoms with Crippen molar-refractivity contribution in [2.24, 2.45) is 0 Å². The van der Waals surface area contributed by atoms with Crippen molar-refractivity contribution in [1.82, 2.24) is 9.55 Å². The molecule has 0 atom stereocenters. The van der Waals surface area contributed by atoms with E-state index in [2.05, 4.69) is 10.3 Å². The Kier molecular flexibility index (Phi) is 6.55. The fourth-order valence-electron chi connectivity index (χ4n) is 3.33. The molecule has 0 aliphatic heterocycles. The van der Waals surface area contributed by atoms with Gasteiger partial charge in [0.25, 0.3) is 5.69 Å². The van der Waals surface area contributed by atoms with E-state index in [4.69, 9.17) is 0 Å². The van der Waals surface area contributed by atoms with Crippen molar-refractivity contribution in [3.05, 3.63) is 100 Å². The summed E-state index contributed by atoms with van der Waals surface area (Å²) in [6, 6.07) is 22.0. The van der Waals surface area contributed by atoms with Gasteiger partial charge in [0.2, 0.25) is 5.91 Å². The molecular weight excluding hydrogens is 436 g/mol. The number of carbonyl (C=O) groups is 1. The number of amides is 1. The Morgan fingerprint density at radius 2 is 1.70 bits per heavy atom. The van der Waals surface area contributed by atoms with E-state index >= 15 is 0 Å². The van der Waals surface area contributed by atoms with Crippen LogP contribution in [0.15, 0.2) is 84.1 Å². The van der Waals surface area contributed by atoms with E-state index in [0.29, 0.717) is 16.4 Å².